The minimum atomic E-state index is -0.330. The van der Waals surface area contributed by atoms with E-state index in [4.69, 9.17) is 11.6 Å². The topological polar surface area (TPSA) is 108 Å². The van der Waals surface area contributed by atoms with Gasteiger partial charge in [0.25, 0.3) is 5.91 Å². The Morgan fingerprint density at radius 2 is 2.39 bits per heavy atom. The fourth-order valence-corrected chi connectivity index (χ4v) is 1.45. The number of hydrogen-bond donors (Lipinski definition) is 3. The van der Waals surface area contributed by atoms with Crippen LogP contribution in [0.15, 0.2) is 12.3 Å². The van der Waals surface area contributed by atoms with E-state index in [-0.39, 0.29) is 17.5 Å². The van der Waals surface area contributed by atoms with E-state index in [1.165, 1.54) is 6.20 Å². The van der Waals surface area contributed by atoms with E-state index in [9.17, 15) is 4.79 Å². The molecule has 0 bridgehead atoms. The summed E-state index contributed by atoms with van der Waals surface area (Å²) >= 11 is 5.91. The standard InChI is InChI=1S/C9H10ClN7O/c1-11-7-2-5(6(10)3-12-7)9(18)13-4-8-14-16-17-15-8/h2-3H,4H2,1H3,(H,11,12)(H,13,18)(H,14,15,16,17). The molecule has 1 amide bonds. The Bertz CT molecular complexity index is 542. The van der Waals surface area contributed by atoms with Crippen LogP contribution < -0.4 is 10.6 Å². The predicted octanol–water partition coefficient (Wildman–Crippen LogP) is 0.220. The highest BCUT2D eigenvalue weighted by molar-refractivity contribution is 6.33. The van der Waals surface area contributed by atoms with Crippen molar-refractivity contribution in [1.82, 2.24) is 30.9 Å². The number of amides is 1. The van der Waals surface area contributed by atoms with E-state index in [0.29, 0.717) is 17.2 Å². The molecule has 0 unspecified atom stereocenters. The molecular weight excluding hydrogens is 258 g/mol. The summed E-state index contributed by atoms with van der Waals surface area (Å²) in [5.41, 5.74) is 0.333. The molecule has 9 heteroatoms. The average Bonchev–Trinajstić information content (AvgIpc) is 2.89. The highest BCUT2D eigenvalue weighted by atomic mass is 35.5. The molecule has 0 atom stereocenters. The van der Waals surface area contributed by atoms with Gasteiger partial charge in [0.05, 0.1) is 17.1 Å². The molecule has 2 aromatic heterocycles. The van der Waals surface area contributed by atoms with Crippen molar-refractivity contribution in [2.75, 3.05) is 12.4 Å². The normalized spacial score (nSPS) is 10.1. The average molecular weight is 268 g/mol. The number of tetrazole rings is 1. The quantitative estimate of drug-likeness (QED) is 0.731. The molecule has 2 heterocycles. The lowest BCUT2D eigenvalue weighted by Crippen LogP contribution is -2.24. The number of H-pyrrole nitrogens is 1. The number of nitrogens with zero attached hydrogens (tertiary/aromatic N) is 4. The van der Waals surface area contributed by atoms with Crippen molar-refractivity contribution in [2.24, 2.45) is 0 Å². The molecular formula is C9H10ClN7O. The van der Waals surface area contributed by atoms with Crippen molar-refractivity contribution >= 4 is 23.3 Å². The molecule has 2 aromatic rings. The zero-order valence-corrected chi connectivity index (χ0v) is 10.2. The van der Waals surface area contributed by atoms with E-state index in [0.717, 1.165) is 0 Å². The molecule has 94 valence electrons. The first-order valence-electron chi connectivity index (χ1n) is 5.04. The van der Waals surface area contributed by atoms with Gasteiger partial charge in [0, 0.05) is 13.2 Å². The van der Waals surface area contributed by atoms with Crippen molar-refractivity contribution in [3.8, 4) is 0 Å². The predicted molar refractivity (Wildman–Crippen MR) is 64.1 cm³/mol. The second kappa shape index (κ2) is 5.41. The summed E-state index contributed by atoms with van der Waals surface area (Å²) in [7, 11) is 1.71. The number of aromatic amines is 1. The minimum absolute atomic E-state index is 0.170. The van der Waals surface area contributed by atoms with Gasteiger partial charge in [-0.3, -0.25) is 4.79 Å². The number of halogens is 1. The molecule has 0 saturated heterocycles. The fourth-order valence-electron chi connectivity index (χ4n) is 1.26. The van der Waals surface area contributed by atoms with Gasteiger partial charge in [0.15, 0.2) is 5.82 Å². The molecule has 0 fully saturated rings. The number of carbonyl (C=O) groups is 1. The monoisotopic (exact) mass is 267 g/mol. The first kappa shape index (κ1) is 12.2. The van der Waals surface area contributed by atoms with Crippen molar-refractivity contribution in [1.29, 1.82) is 0 Å². The molecule has 0 spiro atoms. The Kier molecular flexibility index (Phi) is 3.68. The molecule has 0 aromatic carbocycles. The second-order valence-electron chi connectivity index (χ2n) is 3.31. The Hall–Kier alpha value is -2.22. The Balaban J connectivity index is 2.08. The van der Waals surface area contributed by atoms with Gasteiger partial charge in [-0.15, -0.1) is 10.2 Å². The van der Waals surface area contributed by atoms with Crippen LogP contribution >= 0.6 is 11.6 Å². The molecule has 3 N–H and O–H groups in total. The molecule has 2 rings (SSSR count). The first-order valence-corrected chi connectivity index (χ1v) is 5.42. The number of anilines is 1. The van der Waals surface area contributed by atoms with Crippen LogP contribution in [0.25, 0.3) is 0 Å². The largest absolute Gasteiger partial charge is 0.373 e. The molecule has 0 saturated carbocycles. The SMILES string of the molecule is CNc1cc(C(=O)NCc2nn[nH]n2)c(Cl)cn1. The highest BCUT2D eigenvalue weighted by Crippen LogP contribution is 2.17. The van der Waals surface area contributed by atoms with Crippen LogP contribution in [0.5, 0.6) is 0 Å². The van der Waals surface area contributed by atoms with Crippen LogP contribution in [0.1, 0.15) is 16.2 Å². The molecule has 0 radical (unpaired) electrons. The van der Waals surface area contributed by atoms with Crippen LogP contribution in [0.3, 0.4) is 0 Å². The third-order valence-electron chi connectivity index (χ3n) is 2.15. The minimum Gasteiger partial charge on any atom is -0.373 e. The Morgan fingerprint density at radius 3 is 3.06 bits per heavy atom. The van der Waals surface area contributed by atoms with Crippen LogP contribution in [0, 0.1) is 0 Å². The number of aromatic nitrogens is 5. The Morgan fingerprint density at radius 1 is 1.56 bits per heavy atom. The highest BCUT2D eigenvalue weighted by Gasteiger charge is 2.12. The fraction of sp³-hybridized carbons (Fsp3) is 0.222. The van der Waals surface area contributed by atoms with Crippen LogP contribution in [0.2, 0.25) is 5.02 Å². The van der Waals surface area contributed by atoms with Crippen molar-refractivity contribution in [2.45, 2.75) is 6.54 Å². The third-order valence-corrected chi connectivity index (χ3v) is 2.45. The van der Waals surface area contributed by atoms with Gasteiger partial charge in [0.2, 0.25) is 0 Å². The zero-order chi connectivity index (χ0) is 13.0. The summed E-state index contributed by atoms with van der Waals surface area (Å²) in [6.45, 7) is 0.170. The number of nitrogens with one attached hydrogen (secondary N) is 3. The summed E-state index contributed by atoms with van der Waals surface area (Å²) in [5, 5.41) is 18.9. The number of carbonyl (C=O) groups excluding carboxylic acids is 1. The lowest BCUT2D eigenvalue weighted by molar-refractivity contribution is 0.0950. The van der Waals surface area contributed by atoms with Gasteiger partial charge in [-0.2, -0.15) is 5.21 Å². The lowest BCUT2D eigenvalue weighted by Gasteiger charge is -2.06. The van der Waals surface area contributed by atoms with Crippen molar-refractivity contribution in [3.05, 3.63) is 28.7 Å². The first-order chi connectivity index (χ1) is 8.70. The maximum absolute atomic E-state index is 11.9. The second-order valence-corrected chi connectivity index (χ2v) is 3.72. The van der Waals surface area contributed by atoms with E-state index in [1.807, 2.05) is 0 Å². The van der Waals surface area contributed by atoms with Crippen molar-refractivity contribution < 1.29 is 4.79 Å². The number of hydrogen-bond acceptors (Lipinski definition) is 6. The van der Waals surface area contributed by atoms with E-state index < -0.39 is 0 Å². The van der Waals surface area contributed by atoms with E-state index in [1.54, 1.807) is 13.1 Å². The number of pyridine rings is 1. The molecule has 0 aliphatic carbocycles. The summed E-state index contributed by atoms with van der Waals surface area (Å²) in [6.07, 6.45) is 1.41. The van der Waals surface area contributed by atoms with Crippen LogP contribution in [0.4, 0.5) is 5.82 Å². The maximum atomic E-state index is 11.9. The molecule has 0 aliphatic rings. The number of rotatable bonds is 4. The van der Waals surface area contributed by atoms with Crippen molar-refractivity contribution in [3.63, 3.8) is 0 Å². The molecule has 8 nitrogen and oxygen atoms in total. The van der Waals surface area contributed by atoms with E-state index in [2.05, 4.69) is 36.2 Å². The molecule has 0 aliphatic heterocycles. The van der Waals surface area contributed by atoms with Gasteiger partial charge >= 0.3 is 0 Å². The summed E-state index contributed by atoms with van der Waals surface area (Å²) < 4.78 is 0. The van der Waals surface area contributed by atoms with E-state index >= 15 is 0 Å². The van der Waals surface area contributed by atoms with Gasteiger partial charge in [-0.05, 0) is 6.07 Å². The summed E-state index contributed by atoms with van der Waals surface area (Å²) in [5.74, 6) is 0.621. The zero-order valence-electron chi connectivity index (χ0n) is 9.44. The Labute approximate surface area is 107 Å². The maximum Gasteiger partial charge on any atom is 0.253 e. The van der Waals surface area contributed by atoms with Crippen LogP contribution in [-0.2, 0) is 6.54 Å². The third kappa shape index (κ3) is 2.72. The summed E-state index contributed by atoms with van der Waals surface area (Å²) in [4.78, 5) is 15.9. The smallest absolute Gasteiger partial charge is 0.253 e. The summed E-state index contributed by atoms with van der Waals surface area (Å²) in [6, 6.07) is 1.56. The van der Waals surface area contributed by atoms with Gasteiger partial charge in [-0.1, -0.05) is 16.8 Å². The van der Waals surface area contributed by atoms with Gasteiger partial charge in [-0.25, -0.2) is 4.98 Å². The van der Waals surface area contributed by atoms with Gasteiger partial charge in [0.1, 0.15) is 5.82 Å². The van der Waals surface area contributed by atoms with Gasteiger partial charge < -0.3 is 10.6 Å². The van der Waals surface area contributed by atoms with Crippen LogP contribution in [-0.4, -0.2) is 38.6 Å². The molecule has 18 heavy (non-hydrogen) atoms. The lowest BCUT2D eigenvalue weighted by atomic mass is 10.2.